The summed E-state index contributed by atoms with van der Waals surface area (Å²) >= 11 is 0. The highest BCUT2D eigenvalue weighted by molar-refractivity contribution is 5.68. The van der Waals surface area contributed by atoms with Crippen molar-refractivity contribution in [2.75, 3.05) is 39.8 Å². The molecule has 0 spiro atoms. The van der Waals surface area contributed by atoms with E-state index in [1.807, 2.05) is 25.7 Å². The van der Waals surface area contributed by atoms with Crippen molar-refractivity contribution in [1.29, 1.82) is 0 Å². The molecule has 0 aromatic rings. The van der Waals surface area contributed by atoms with E-state index < -0.39 is 5.60 Å². The van der Waals surface area contributed by atoms with Gasteiger partial charge in [-0.15, -0.1) is 0 Å². The molecule has 5 heteroatoms. The summed E-state index contributed by atoms with van der Waals surface area (Å²) in [4.78, 5) is 16.5. The average Bonchev–Trinajstić information content (AvgIpc) is 2.81. The lowest BCUT2D eigenvalue weighted by Crippen LogP contribution is -2.51. The van der Waals surface area contributed by atoms with Crippen LogP contribution in [0.5, 0.6) is 0 Å². The molecular weight excluding hydrogens is 278 g/mol. The maximum Gasteiger partial charge on any atom is 0.410 e. The molecule has 2 saturated heterocycles. The first kappa shape index (κ1) is 17.5. The van der Waals surface area contributed by atoms with Gasteiger partial charge in [-0.1, -0.05) is 6.92 Å². The van der Waals surface area contributed by atoms with Crippen molar-refractivity contribution in [3.8, 4) is 0 Å². The van der Waals surface area contributed by atoms with Crippen LogP contribution in [0.1, 0.15) is 47.0 Å². The molecule has 0 saturated carbocycles. The highest BCUT2D eigenvalue weighted by Crippen LogP contribution is 2.30. The quantitative estimate of drug-likeness (QED) is 0.869. The number of likely N-dealkylation sites (tertiary alicyclic amines) is 2. The molecule has 2 unspecified atom stereocenters. The van der Waals surface area contributed by atoms with Crippen LogP contribution in [0.15, 0.2) is 0 Å². The molecule has 0 aromatic carbocycles. The molecule has 1 N–H and O–H groups in total. The Labute approximate surface area is 135 Å². The first-order chi connectivity index (χ1) is 10.2. The molecule has 5 nitrogen and oxygen atoms in total. The van der Waals surface area contributed by atoms with Gasteiger partial charge in [0.15, 0.2) is 0 Å². The number of piperidine rings is 1. The Kier molecular flexibility index (Phi) is 5.38. The van der Waals surface area contributed by atoms with Crippen LogP contribution in [-0.2, 0) is 4.74 Å². The second kappa shape index (κ2) is 6.75. The van der Waals surface area contributed by atoms with Gasteiger partial charge in [0, 0.05) is 32.2 Å². The van der Waals surface area contributed by atoms with Gasteiger partial charge in [-0.05, 0) is 59.0 Å². The van der Waals surface area contributed by atoms with Gasteiger partial charge in [-0.2, -0.15) is 0 Å². The van der Waals surface area contributed by atoms with Crippen molar-refractivity contribution in [3.05, 3.63) is 0 Å². The Morgan fingerprint density at radius 3 is 2.68 bits per heavy atom. The number of rotatable bonds is 3. The van der Waals surface area contributed by atoms with Gasteiger partial charge in [0.2, 0.25) is 0 Å². The Bertz CT molecular complexity index is 394. The second-order valence-electron chi connectivity index (χ2n) is 8.44. The molecule has 2 aliphatic heterocycles. The van der Waals surface area contributed by atoms with Gasteiger partial charge in [0.1, 0.15) is 5.60 Å². The zero-order valence-electron chi connectivity index (χ0n) is 14.9. The predicted molar refractivity (Wildman–Crippen MR) is 89.1 cm³/mol. The third-order valence-corrected chi connectivity index (χ3v) is 4.64. The van der Waals surface area contributed by atoms with Crippen LogP contribution in [0, 0.1) is 5.41 Å². The van der Waals surface area contributed by atoms with Gasteiger partial charge < -0.3 is 19.9 Å². The van der Waals surface area contributed by atoms with E-state index in [2.05, 4.69) is 24.2 Å². The highest BCUT2D eigenvalue weighted by atomic mass is 16.6. The van der Waals surface area contributed by atoms with Gasteiger partial charge in [-0.25, -0.2) is 4.79 Å². The fourth-order valence-electron chi connectivity index (χ4n) is 3.43. The molecule has 2 fully saturated rings. The fraction of sp³-hybridized carbons (Fsp3) is 0.941. The van der Waals surface area contributed by atoms with Crippen molar-refractivity contribution in [3.63, 3.8) is 0 Å². The fourth-order valence-corrected chi connectivity index (χ4v) is 3.43. The molecule has 2 atom stereocenters. The van der Waals surface area contributed by atoms with E-state index in [1.165, 1.54) is 19.4 Å². The van der Waals surface area contributed by atoms with E-state index in [1.54, 1.807) is 0 Å². The summed E-state index contributed by atoms with van der Waals surface area (Å²) in [5.74, 6) is 0. The number of carbonyl (C=O) groups is 1. The molecule has 0 aliphatic carbocycles. The molecule has 0 bridgehead atoms. The van der Waals surface area contributed by atoms with Gasteiger partial charge in [0.25, 0.3) is 0 Å². The van der Waals surface area contributed by atoms with E-state index in [9.17, 15) is 4.79 Å². The summed E-state index contributed by atoms with van der Waals surface area (Å²) in [6.07, 6.45) is 3.28. The second-order valence-corrected chi connectivity index (χ2v) is 8.44. The first-order valence-electron chi connectivity index (χ1n) is 8.57. The highest BCUT2D eigenvalue weighted by Gasteiger charge is 2.35. The summed E-state index contributed by atoms with van der Waals surface area (Å²) < 4.78 is 5.52. The SMILES string of the molecule is CN1CCC(NCC2(C)CCCN(C(=O)OC(C)(C)C)C2)C1. The summed E-state index contributed by atoms with van der Waals surface area (Å²) in [6, 6.07) is 0.596. The third-order valence-electron chi connectivity index (χ3n) is 4.64. The lowest BCUT2D eigenvalue weighted by atomic mass is 9.81. The maximum atomic E-state index is 12.3. The Hall–Kier alpha value is -0.810. The number of ether oxygens (including phenoxy) is 1. The monoisotopic (exact) mass is 311 g/mol. The van der Waals surface area contributed by atoms with E-state index in [4.69, 9.17) is 4.74 Å². The molecule has 2 aliphatic rings. The molecule has 2 heterocycles. The van der Waals surface area contributed by atoms with Crippen molar-refractivity contribution >= 4 is 6.09 Å². The predicted octanol–water partition coefficient (Wildman–Crippen LogP) is 2.32. The molecule has 1 amide bonds. The summed E-state index contributed by atoms with van der Waals surface area (Å²) in [6.45, 7) is 12.9. The lowest BCUT2D eigenvalue weighted by Gasteiger charge is -2.41. The van der Waals surface area contributed by atoms with E-state index >= 15 is 0 Å². The Morgan fingerprint density at radius 1 is 1.36 bits per heavy atom. The number of hydrogen-bond donors (Lipinski definition) is 1. The molecular formula is C17H33N3O2. The van der Waals surface area contributed by atoms with Crippen molar-refractivity contribution in [2.45, 2.75) is 58.6 Å². The van der Waals surface area contributed by atoms with Crippen LogP contribution >= 0.6 is 0 Å². The van der Waals surface area contributed by atoms with Crippen molar-refractivity contribution in [2.24, 2.45) is 5.41 Å². The number of amides is 1. The van der Waals surface area contributed by atoms with Crippen LogP contribution in [0.3, 0.4) is 0 Å². The smallest absolute Gasteiger partial charge is 0.410 e. The van der Waals surface area contributed by atoms with Crippen molar-refractivity contribution in [1.82, 2.24) is 15.1 Å². The number of likely N-dealkylation sites (N-methyl/N-ethyl adjacent to an activating group) is 1. The molecule has 0 radical (unpaired) electrons. The normalized spacial score (nSPS) is 30.6. The average molecular weight is 311 g/mol. The van der Waals surface area contributed by atoms with Crippen LogP contribution in [-0.4, -0.2) is 67.3 Å². The largest absolute Gasteiger partial charge is 0.444 e. The minimum absolute atomic E-state index is 0.149. The molecule has 0 aromatic heterocycles. The Morgan fingerprint density at radius 2 is 2.09 bits per heavy atom. The van der Waals surface area contributed by atoms with Crippen molar-refractivity contribution < 1.29 is 9.53 Å². The number of hydrogen-bond acceptors (Lipinski definition) is 4. The first-order valence-corrected chi connectivity index (χ1v) is 8.57. The lowest BCUT2D eigenvalue weighted by molar-refractivity contribution is 0.00651. The van der Waals surface area contributed by atoms with Crippen LogP contribution in [0.25, 0.3) is 0 Å². The van der Waals surface area contributed by atoms with Crippen LogP contribution < -0.4 is 5.32 Å². The minimum Gasteiger partial charge on any atom is -0.444 e. The third kappa shape index (κ3) is 5.13. The number of carbonyl (C=O) groups excluding carboxylic acids is 1. The standard InChI is InChI=1S/C17H33N3O2/c1-16(2,3)22-15(21)20-9-6-8-17(4,13-20)12-18-14-7-10-19(5)11-14/h14,18H,6-13H2,1-5H3. The summed E-state index contributed by atoms with van der Waals surface area (Å²) in [5.41, 5.74) is -0.270. The molecule has 2 rings (SSSR count). The van der Waals surface area contributed by atoms with Gasteiger partial charge in [-0.3, -0.25) is 0 Å². The van der Waals surface area contributed by atoms with Crippen LogP contribution in [0.2, 0.25) is 0 Å². The molecule has 22 heavy (non-hydrogen) atoms. The Balaban J connectivity index is 1.84. The summed E-state index contributed by atoms with van der Waals surface area (Å²) in [5, 5.41) is 3.71. The van der Waals surface area contributed by atoms with Crippen LogP contribution in [0.4, 0.5) is 4.79 Å². The van der Waals surface area contributed by atoms with E-state index in [0.29, 0.717) is 6.04 Å². The van der Waals surface area contributed by atoms with E-state index in [0.717, 1.165) is 32.6 Å². The van der Waals surface area contributed by atoms with Gasteiger partial charge >= 0.3 is 6.09 Å². The topological polar surface area (TPSA) is 44.8 Å². The zero-order valence-corrected chi connectivity index (χ0v) is 14.9. The summed E-state index contributed by atoms with van der Waals surface area (Å²) in [7, 11) is 2.17. The van der Waals surface area contributed by atoms with E-state index in [-0.39, 0.29) is 11.5 Å². The van der Waals surface area contributed by atoms with Gasteiger partial charge in [0.05, 0.1) is 0 Å². The maximum absolute atomic E-state index is 12.3. The number of nitrogens with one attached hydrogen (secondary N) is 1. The number of nitrogens with zero attached hydrogens (tertiary/aromatic N) is 2. The zero-order chi connectivity index (χ0) is 16.4. The minimum atomic E-state index is -0.419. The molecule has 128 valence electrons.